The van der Waals surface area contributed by atoms with Crippen molar-refractivity contribution in [3.63, 3.8) is 0 Å². The molecule has 128 valence electrons. The topological polar surface area (TPSA) is 77.2 Å². The summed E-state index contributed by atoms with van der Waals surface area (Å²) in [7, 11) is 1.59. The number of hydrogen-bond donors (Lipinski definition) is 0. The van der Waals surface area contributed by atoms with Crippen molar-refractivity contribution in [3.05, 3.63) is 36.5 Å². The molecule has 3 aromatic heterocycles. The van der Waals surface area contributed by atoms with Crippen molar-refractivity contribution in [2.75, 3.05) is 25.1 Å². The van der Waals surface area contributed by atoms with E-state index in [0.717, 1.165) is 30.3 Å². The summed E-state index contributed by atoms with van der Waals surface area (Å²) in [4.78, 5) is 20.3. The Kier molecular flexibility index (Phi) is 4.05. The largest absolute Gasteiger partial charge is 0.481 e. The first kappa shape index (κ1) is 15.6. The van der Waals surface area contributed by atoms with Crippen molar-refractivity contribution < 1.29 is 9.15 Å². The first-order valence-electron chi connectivity index (χ1n) is 8.30. The van der Waals surface area contributed by atoms with Crippen molar-refractivity contribution in [1.82, 2.24) is 19.9 Å². The molecular weight excluding hydrogens is 318 g/mol. The summed E-state index contributed by atoms with van der Waals surface area (Å²) in [5.74, 6) is 2.55. The Morgan fingerprint density at radius 1 is 1.16 bits per heavy atom. The van der Waals surface area contributed by atoms with Crippen molar-refractivity contribution >= 4 is 5.95 Å². The monoisotopic (exact) mass is 337 g/mol. The van der Waals surface area contributed by atoms with E-state index >= 15 is 0 Å². The van der Waals surface area contributed by atoms with Crippen LogP contribution in [0.25, 0.3) is 22.7 Å². The van der Waals surface area contributed by atoms with Crippen LogP contribution in [0.1, 0.15) is 18.7 Å². The molecule has 3 aromatic rings. The zero-order chi connectivity index (χ0) is 17.2. The average Bonchev–Trinajstić information content (AvgIpc) is 3.34. The Morgan fingerprint density at radius 3 is 2.72 bits per heavy atom. The maximum absolute atomic E-state index is 5.60. The van der Waals surface area contributed by atoms with Gasteiger partial charge in [0, 0.05) is 30.9 Å². The fraction of sp³-hybridized carbons (Fsp3) is 0.333. The highest BCUT2D eigenvalue weighted by atomic mass is 16.5. The molecule has 1 fully saturated rings. The molecular formula is C18H19N5O2. The molecule has 25 heavy (non-hydrogen) atoms. The summed E-state index contributed by atoms with van der Waals surface area (Å²) in [6.45, 7) is 3.80. The van der Waals surface area contributed by atoms with Gasteiger partial charge < -0.3 is 14.1 Å². The molecule has 4 rings (SSSR count). The highest BCUT2D eigenvalue weighted by Gasteiger charge is 2.20. The molecule has 7 heteroatoms. The Bertz CT molecular complexity index is 873. The third-order valence-corrected chi connectivity index (χ3v) is 4.22. The molecule has 1 aliphatic rings. The third kappa shape index (κ3) is 3.05. The Morgan fingerprint density at radius 2 is 2.00 bits per heavy atom. The molecule has 0 N–H and O–H groups in total. The molecule has 0 spiro atoms. The molecule has 0 aliphatic carbocycles. The summed E-state index contributed by atoms with van der Waals surface area (Å²) in [5.41, 5.74) is 2.23. The fourth-order valence-corrected chi connectivity index (χ4v) is 3.01. The summed E-state index contributed by atoms with van der Waals surface area (Å²) in [6, 6.07) is 5.53. The second-order valence-corrected chi connectivity index (χ2v) is 5.95. The summed E-state index contributed by atoms with van der Waals surface area (Å²) in [6.07, 6.45) is 5.79. The van der Waals surface area contributed by atoms with Gasteiger partial charge in [-0.15, -0.1) is 0 Å². The Balaban J connectivity index is 1.85. The van der Waals surface area contributed by atoms with Crippen LogP contribution in [0.4, 0.5) is 5.95 Å². The number of nitrogens with zero attached hydrogens (tertiary/aromatic N) is 5. The zero-order valence-electron chi connectivity index (χ0n) is 14.3. The quantitative estimate of drug-likeness (QED) is 0.724. The minimum Gasteiger partial charge on any atom is -0.481 e. The molecule has 0 amide bonds. The molecule has 0 bridgehead atoms. The van der Waals surface area contributed by atoms with E-state index in [1.165, 1.54) is 12.8 Å². The minimum absolute atomic E-state index is 0.511. The Hall–Kier alpha value is -2.96. The maximum Gasteiger partial charge on any atom is 0.226 e. The lowest BCUT2D eigenvalue weighted by molar-refractivity contribution is 0.396. The molecule has 7 nitrogen and oxygen atoms in total. The van der Waals surface area contributed by atoms with E-state index in [4.69, 9.17) is 14.1 Å². The van der Waals surface area contributed by atoms with E-state index in [1.807, 2.05) is 19.1 Å². The minimum atomic E-state index is 0.511. The molecule has 1 saturated heterocycles. The standard InChI is InChI=1S/C18H19N5O2/c1-12-20-14(10-16(21-12)24-2)13-11-19-18(23-7-3-4-8-23)22-17(13)15-6-5-9-25-15/h5-6,9-11H,3-4,7-8H2,1-2H3. The first-order valence-corrected chi connectivity index (χ1v) is 8.30. The van der Waals surface area contributed by atoms with E-state index < -0.39 is 0 Å². The number of aromatic nitrogens is 4. The predicted octanol–water partition coefficient (Wildman–Crippen LogP) is 3.11. The van der Waals surface area contributed by atoms with Crippen molar-refractivity contribution in [2.45, 2.75) is 19.8 Å². The van der Waals surface area contributed by atoms with E-state index in [9.17, 15) is 0 Å². The summed E-state index contributed by atoms with van der Waals surface area (Å²) in [5, 5.41) is 0. The summed E-state index contributed by atoms with van der Waals surface area (Å²) >= 11 is 0. The zero-order valence-corrected chi connectivity index (χ0v) is 14.3. The van der Waals surface area contributed by atoms with Gasteiger partial charge in [0.15, 0.2) is 5.76 Å². The number of aryl methyl sites for hydroxylation is 1. The van der Waals surface area contributed by atoms with Gasteiger partial charge in [-0.2, -0.15) is 4.98 Å². The number of anilines is 1. The van der Waals surface area contributed by atoms with E-state index in [2.05, 4.69) is 19.9 Å². The van der Waals surface area contributed by atoms with Crippen LogP contribution in [-0.4, -0.2) is 40.1 Å². The number of methoxy groups -OCH3 is 1. The molecule has 0 saturated carbocycles. The van der Waals surface area contributed by atoms with Crippen LogP contribution < -0.4 is 9.64 Å². The van der Waals surface area contributed by atoms with Gasteiger partial charge in [-0.25, -0.2) is 15.0 Å². The van der Waals surface area contributed by atoms with Gasteiger partial charge in [0.2, 0.25) is 11.8 Å². The predicted molar refractivity (Wildman–Crippen MR) is 93.5 cm³/mol. The summed E-state index contributed by atoms with van der Waals surface area (Å²) < 4.78 is 10.9. The van der Waals surface area contributed by atoms with Gasteiger partial charge in [0.1, 0.15) is 11.5 Å². The number of ether oxygens (including phenoxy) is 1. The van der Waals surface area contributed by atoms with E-state index in [-0.39, 0.29) is 0 Å². The number of rotatable bonds is 4. The highest BCUT2D eigenvalue weighted by molar-refractivity contribution is 5.77. The maximum atomic E-state index is 5.60. The van der Waals surface area contributed by atoms with Crippen molar-refractivity contribution in [1.29, 1.82) is 0 Å². The molecule has 4 heterocycles. The lowest BCUT2D eigenvalue weighted by atomic mass is 10.1. The lowest BCUT2D eigenvalue weighted by Crippen LogP contribution is -2.20. The van der Waals surface area contributed by atoms with Crippen LogP contribution in [0.2, 0.25) is 0 Å². The van der Waals surface area contributed by atoms with Gasteiger partial charge in [-0.1, -0.05) is 0 Å². The second kappa shape index (κ2) is 6.51. The second-order valence-electron chi connectivity index (χ2n) is 5.95. The van der Waals surface area contributed by atoms with E-state index in [0.29, 0.717) is 23.2 Å². The highest BCUT2D eigenvalue weighted by Crippen LogP contribution is 2.32. The molecule has 0 unspecified atom stereocenters. The molecule has 0 atom stereocenters. The van der Waals surface area contributed by atoms with Gasteiger partial charge in [-0.05, 0) is 31.9 Å². The third-order valence-electron chi connectivity index (χ3n) is 4.22. The van der Waals surface area contributed by atoms with Crippen LogP contribution in [0.3, 0.4) is 0 Å². The van der Waals surface area contributed by atoms with E-state index in [1.54, 1.807) is 25.6 Å². The SMILES string of the molecule is COc1cc(-c2cnc(N3CCCC3)nc2-c2ccco2)nc(C)n1. The van der Waals surface area contributed by atoms with Gasteiger partial charge in [-0.3, -0.25) is 0 Å². The van der Waals surface area contributed by atoms with Crippen LogP contribution in [0.15, 0.2) is 35.1 Å². The molecule has 0 radical (unpaired) electrons. The number of hydrogen-bond acceptors (Lipinski definition) is 7. The first-order chi connectivity index (χ1) is 12.2. The Labute approximate surface area is 145 Å². The van der Waals surface area contributed by atoms with Gasteiger partial charge in [0.25, 0.3) is 0 Å². The fourth-order valence-electron chi connectivity index (χ4n) is 3.01. The average molecular weight is 337 g/mol. The number of furan rings is 1. The van der Waals surface area contributed by atoms with Crippen molar-refractivity contribution in [3.8, 4) is 28.6 Å². The van der Waals surface area contributed by atoms with Crippen LogP contribution >= 0.6 is 0 Å². The van der Waals surface area contributed by atoms with Crippen molar-refractivity contribution in [2.24, 2.45) is 0 Å². The van der Waals surface area contributed by atoms with Crippen LogP contribution in [-0.2, 0) is 0 Å². The van der Waals surface area contributed by atoms with Crippen LogP contribution in [0, 0.1) is 6.92 Å². The lowest BCUT2D eigenvalue weighted by Gasteiger charge is -2.17. The van der Waals surface area contributed by atoms with Gasteiger partial charge in [0.05, 0.1) is 19.1 Å². The smallest absolute Gasteiger partial charge is 0.226 e. The van der Waals surface area contributed by atoms with Gasteiger partial charge >= 0.3 is 0 Å². The molecule has 1 aliphatic heterocycles. The normalized spacial score (nSPS) is 14.1. The molecule has 0 aromatic carbocycles. The van der Waals surface area contributed by atoms with Crippen LogP contribution in [0.5, 0.6) is 5.88 Å².